The van der Waals surface area contributed by atoms with Crippen molar-refractivity contribution in [3.05, 3.63) is 137 Å². The van der Waals surface area contributed by atoms with E-state index in [4.69, 9.17) is 5.10 Å². The van der Waals surface area contributed by atoms with Crippen molar-refractivity contribution >= 4 is 51.9 Å². The Morgan fingerprint density at radius 1 is 0.657 bits per heavy atom. The summed E-state index contributed by atoms with van der Waals surface area (Å²) in [6.45, 7) is 0. The van der Waals surface area contributed by atoms with Crippen LogP contribution >= 0.6 is 23.5 Å². The highest BCUT2D eigenvalue weighted by molar-refractivity contribution is 8.28. The molecule has 6 heteroatoms. The Morgan fingerprint density at radius 2 is 1.20 bits per heavy atom. The molecule has 1 fully saturated rings. The first kappa shape index (κ1) is 21.8. The molecule has 1 atom stereocenters. The Labute approximate surface area is 213 Å². The fraction of sp³-hybridized carbons (Fsp3) is 0.0345. The van der Waals surface area contributed by atoms with E-state index in [1.807, 2.05) is 125 Å². The standard InChI is InChI=1S/C29H21N3OS2/c33-28-26(21-22-13-5-1-6-14-22)34-29(31(28)24-17-9-3-10-18-24)32(25-19-11-4-12-20-25)30-27(35-29)23-15-7-2-8-16-23/h1-21H/b26-21+. The highest BCUT2D eigenvalue weighted by atomic mass is 32.2. The molecule has 35 heavy (non-hydrogen) atoms. The van der Waals surface area contributed by atoms with Crippen molar-refractivity contribution in [3.63, 3.8) is 0 Å². The van der Waals surface area contributed by atoms with Gasteiger partial charge in [-0.3, -0.25) is 9.69 Å². The summed E-state index contributed by atoms with van der Waals surface area (Å²) in [5.74, 6) is -0.0389. The van der Waals surface area contributed by atoms with Crippen LogP contribution in [0.3, 0.4) is 0 Å². The number of hydrazone groups is 1. The van der Waals surface area contributed by atoms with Gasteiger partial charge in [-0.25, -0.2) is 5.01 Å². The maximum absolute atomic E-state index is 14.0. The van der Waals surface area contributed by atoms with Crippen LogP contribution in [0.25, 0.3) is 6.08 Å². The van der Waals surface area contributed by atoms with Gasteiger partial charge in [0.05, 0.1) is 10.6 Å². The zero-order valence-electron chi connectivity index (χ0n) is 18.7. The van der Waals surface area contributed by atoms with Gasteiger partial charge in [0.15, 0.2) is 0 Å². The van der Waals surface area contributed by atoms with Gasteiger partial charge in [0.25, 0.3) is 5.91 Å². The topological polar surface area (TPSA) is 35.9 Å². The van der Waals surface area contributed by atoms with Gasteiger partial charge in [-0.1, -0.05) is 109 Å². The predicted octanol–water partition coefficient (Wildman–Crippen LogP) is 7.03. The first-order valence-electron chi connectivity index (χ1n) is 11.3. The molecule has 0 aliphatic carbocycles. The molecule has 1 spiro atoms. The summed E-state index contributed by atoms with van der Waals surface area (Å²) < 4.78 is -0.842. The van der Waals surface area contributed by atoms with E-state index >= 15 is 0 Å². The number of carbonyl (C=O) groups excluding carboxylic acids is 1. The second-order valence-electron chi connectivity index (χ2n) is 8.07. The molecule has 0 radical (unpaired) electrons. The molecule has 1 saturated heterocycles. The summed E-state index contributed by atoms with van der Waals surface area (Å²) in [4.78, 5) is 16.6. The van der Waals surface area contributed by atoms with Gasteiger partial charge >= 0.3 is 0 Å². The van der Waals surface area contributed by atoms with E-state index in [2.05, 4.69) is 12.1 Å². The molecule has 2 aliphatic rings. The number of hydrogen-bond acceptors (Lipinski definition) is 5. The van der Waals surface area contributed by atoms with Crippen LogP contribution in [-0.4, -0.2) is 15.3 Å². The number of thioether (sulfide) groups is 2. The zero-order valence-corrected chi connectivity index (χ0v) is 20.3. The quantitative estimate of drug-likeness (QED) is 0.287. The summed E-state index contributed by atoms with van der Waals surface area (Å²) in [5, 5.41) is 7.95. The summed E-state index contributed by atoms with van der Waals surface area (Å²) in [5.41, 5.74) is 3.77. The summed E-state index contributed by atoms with van der Waals surface area (Å²) >= 11 is 3.14. The molecule has 4 nitrogen and oxygen atoms in total. The lowest BCUT2D eigenvalue weighted by Gasteiger charge is -2.38. The molecule has 1 unspecified atom stereocenters. The molecule has 0 N–H and O–H groups in total. The number of para-hydroxylation sites is 2. The Balaban J connectivity index is 1.53. The third-order valence-corrected chi connectivity index (χ3v) is 8.53. The third-order valence-electron chi connectivity index (χ3n) is 5.76. The fourth-order valence-corrected chi connectivity index (χ4v) is 7.14. The number of anilines is 2. The molecule has 4 aromatic carbocycles. The van der Waals surface area contributed by atoms with E-state index in [0.29, 0.717) is 4.91 Å². The van der Waals surface area contributed by atoms with Gasteiger partial charge in [0.2, 0.25) is 4.33 Å². The minimum Gasteiger partial charge on any atom is -0.268 e. The lowest BCUT2D eigenvalue weighted by Crippen LogP contribution is -2.51. The van der Waals surface area contributed by atoms with Crippen LogP contribution in [-0.2, 0) is 4.79 Å². The minimum atomic E-state index is -0.842. The van der Waals surface area contributed by atoms with Crippen LogP contribution in [0.1, 0.15) is 11.1 Å². The molecule has 2 heterocycles. The second kappa shape index (κ2) is 9.13. The van der Waals surface area contributed by atoms with Crippen molar-refractivity contribution in [1.82, 2.24) is 0 Å². The average Bonchev–Trinajstić information content (AvgIpc) is 3.43. The van der Waals surface area contributed by atoms with Crippen LogP contribution in [0.5, 0.6) is 0 Å². The van der Waals surface area contributed by atoms with Crippen molar-refractivity contribution in [3.8, 4) is 0 Å². The van der Waals surface area contributed by atoms with Crippen molar-refractivity contribution in [2.75, 3.05) is 9.91 Å². The Kier molecular flexibility index (Phi) is 5.68. The largest absolute Gasteiger partial charge is 0.268 e. The molecule has 0 bridgehead atoms. The van der Waals surface area contributed by atoms with Crippen molar-refractivity contribution in [1.29, 1.82) is 0 Å². The van der Waals surface area contributed by atoms with E-state index in [-0.39, 0.29) is 5.91 Å². The van der Waals surface area contributed by atoms with Crippen molar-refractivity contribution in [2.24, 2.45) is 5.10 Å². The number of rotatable bonds is 4. The van der Waals surface area contributed by atoms with Gasteiger partial charge in [0, 0.05) is 11.3 Å². The Bertz CT molecular complexity index is 1410. The Hall–Kier alpha value is -3.74. The van der Waals surface area contributed by atoms with Gasteiger partial charge in [-0.15, -0.1) is 0 Å². The van der Waals surface area contributed by atoms with E-state index in [0.717, 1.165) is 27.5 Å². The van der Waals surface area contributed by atoms with Gasteiger partial charge in [0.1, 0.15) is 5.04 Å². The number of amides is 1. The fourth-order valence-electron chi connectivity index (χ4n) is 4.16. The summed E-state index contributed by atoms with van der Waals surface area (Å²) in [6.07, 6.45) is 1.97. The molecular formula is C29H21N3OS2. The highest BCUT2D eigenvalue weighted by Crippen LogP contribution is 2.59. The number of hydrogen-bond donors (Lipinski definition) is 0. The maximum atomic E-state index is 14.0. The number of nitrogens with zero attached hydrogens (tertiary/aromatic N) is 3. The predicted molar refractivity (Wildman–Crippen MR) is 148 cm³/mol. The normalized spacial score (nSPS) is 20.6. The van der Waals surface area contributed by atoms with Crippen LogP contribution in [0.4, 0.5) is 11.4 Å². The number of benzene rings is 4. The van der Waals surface area contributed by atoms with Crippen molar-refractivity contribution in [2.45, 2.75) is 4.33 Å². The monoisotopic (exact) mass is 491 g/mol. The molecule has 6 rings (SSSR count). The molecular weight excluding hydrogens is 470 g/mol. The first-order chi connectivity index (χ1) is 17.2. The summed E-state index contributed by atoms with van der Waals surface area (Å²) in [6, 6.07) is 40.0. The molecule has 0 saturated carbocycles. The average molecular weight is 492 g/mol. The third kappa shape index (κ3) is 3.95. The SMILES string of the molecule is O=C1/C(=C\c2ccccc2)SC2(SC(c3ccccc3)=NN2c2ccccc2)N1c1ccccc1. The van der Waals surface area contributed by atoms with Gasteiger partial charge in [-0.05, 0) is 47.7 Å². The first-order valence-corrected chi connectivity index (χ1v) is 12.9. The zero-order chi connectivity index (χ0) is 23.7. The van der Waals surface area contributed by atoms with Crippen molar-refractivity contribution < 1.29 is 4.79 Å². The van der Waals surface area contributed by atoms with Gasteiger partial charge < -0.3 is 0 Å². The molecule has 1 amide bonds. The molecule has 170 valence electrons. The highest BCUT2D eigenvalue weighted by Gasteiger charge is 2.59. The molecule has 4 aromatic rings. The summed E-state index contributed by atoms with van der Waals surface area (Å²) in [7, 11) is 0. The molecule has 2 aliphatic heterocycles. The lowest BCUT2D eigenvalue weighted by molar-refractivity contribution is -0.114. The second-order valence-corrected chi connectivity index (χ2v) is 10.7. The lowest BCUT2D eigenvalue weighted by atomic mass is 10.2. The van der Waals surface area contributed by atoms with Gasteiger partial charge in [-0.2, -0.15) is 5.10 Å². The number of carbonyl (C=O) groups is 1. The smallest absolute Gasteiger partial charge is 0.268 e. The van der Waals surface area contributed by atoms with E-state index in [1.165, 1.54) is 11.8 Å². The van der Waals surface area contributed by atoms with E-state index < -0.39 is 4.33 Å². The Morgan fingerprint density at radius 3 is 1.83 bits per heavy atom. The van der Waals surface area contributed by atoms with E-state index in [9.17, 15) is 4.79 Å². The van der Waals surface area contributed by atoms with Crippen LogP contribution in [0.2, 0.25) is 0 Å². The maximum Gasteiger partial charge on any atom is 0.268 e. The molecule has 0 aromatic heterocycles. The minimum absolute atomic E-state index is 0.0389. The van der Waals surface area contributed by atoms with Crippen LogP contribution < -0.4 is 9.91 Å². The van der Waals surface area contributed by atoms with E-state index in [1.54, 1.807) is 11.8 Å². The van der Waals surface area contributed by atoms with Crippen LogP contribution in [0.15, 0.2) is 131 Å². The van der Waals surface area contributed by atoms with Crippen LogP contribution in [0, 0.1) is 0 Å².